The molecule has 4 rings (SSSR count). The third-order valence-corrected chi connectivity index (χ3v) is 6.45. The number of hydrogen-bond donors (Lipinski definition) is 0. The first-order chi connectivity index (χ1) is 12.6. The van der Waals surface area contributed by atoms with Crippen LogP contribution in [0.4, 0.5) is 0 Å². The summed E-state index contributed by atoms with van der Waals surface area (Å²) >= 11 is 0. The minimum absolute atomic E-state index is 0.154. The lowest BCUT2D eigenvalue weighted by Crippen LogP contribution is -2.64. The summed E-state index contributed by atoms with van der Waals surface area (Å²) in [5.41, 5.74) is 1.16. The molecule has 2 heterocycles. The Balaban J connectivity index is 1.36. The average Bonchev–Trinajstić information content (AvgIpc) is 3.49. The predicted molar refractivity (Wildman–Crippen MR) is 100 cm³/mol. The number of amides is 1. The van der Waals surface area contributed by atoms with Crippen LogP contribution in [0.2, 0.25) is 0 Å². The molecular weight excluding hydrogens is 328 g/mol. The van der Waals surface area contributed by atoms with E-state index in [4.69, 9.17) is 9.47 Å². The van der Waals surface area contributed by atoms with Crippen molar-refractivity contribution < 1.29 is 14.3 Å². The minimum atomic E-state index is -0.154. The molecule has 1 unspecified atom stereocenters. The van der Waals surface area contributed by atoms with E-state index in [1.165, 1.54) is 18.4 Å². The highest BCUT2D eigenvalue weighted by molar-refractivity contribution is 5.78. The molecule has 5 nitrogen and oxygen atoms in total. The van der Waals surface area contributed by atoms with E-state index < -0.39 is 0 Å². The van der Waals surface area contributed by atoms with Crippen molar-refractivity contribution in [1.29, 1.82) is 0 Å². The zero-order valence-electron chi connectivity index (χ0n) is 15.9. The number of nitrogens with zero attached hydrogens (tertiary/aromatic N) is 2. The highest BCUT2D eigenvalue weighted by atomic mass is 16.5. The molecule has 1 aromatic carbocycles. The fourth-order valence-electron chi connectivity index (χ4n) is 4.39. The summed E-state index contributed by atoms with van der Waals surface area (Å²) in [6.07, 6.45) is 4.55. The van der Waals surface area contributed by atoms with Crippen molar-refractivity contribution in [2.45, 2.75) is 50.8 Å². The van der Waals surface area contributed by atoms with Gasteiger partial charge in [-0.3, -0.25) is 9.69 Å². The highest BCUT2D eigenvalue weighted by Crippen LogP contribution is 2.38. The van der Waals surface area contributed by atoms with Crippen molar-refractivity contribution >= 4 is 5.91 Å². The van der Waals surface area contributed by atoms with E-state index in [1.807, 2.05) is 12.1 Å². The van der Waals surface area contributed by atoms with Crippen LogP contribution in [-0.2, 0) is 16.1 Å². The van der Waals surface area contributed by atoms with Gasteiger partial charge in [-0.2, -0.15) is 0 Å². The molecule has 1 spiro atoms. The zero-order chi connectivity index (χ0) is 18.1. The number of carbonyl (C=O) groups excluding carboxylic acids is 1. The van der Waals surface area contributed by atoms with E-state index in [-0.39, 0.29) is 24.2 Å². The Hall–Kier alpha value is -1.59. The Morgan fingerprint density at radius 3 is 2.50 bits per heavy atom. The molecule has 1 aromatic rings. The molecular formula is C21H30N2O3. The fraction of sp³-hybridized carbons (Fsp3) is 0.667. The quantitative estimate of drug-likeness (QED) is 0.812. The van der Waals surface area contributed by atoms with Crippen LogP contribution in [0.1, 0.15) is 38.2 Å². The first-order valence-corrected chi connectivity index (χ1v) is 9.88. The van der Waals surface area contributed by atoms with E-state index in [0.29, 0.717) is 0 Å². The van der Waals surface area contributed by atoms with Gasteiger partial charge in [0.25, 0.3) is 0 Å². The molecule has 1 atom stereocenters. The van der Waals surface area contributed by atoms with Crippen LogP contribution in [0.3, 0.4) is 0 Å². The van der Waals surface area contributed by atoms with Crippen LogP contribution in [-0.4, -0.2) is 60.7 Å². The summed E-state index contributed by atoms with van der Waals surface area (Å²) in [6.45, 7) is 6.37. The predicted octanol–water partition coefficient (Wildman–Crippen LogP) is 2.69. The van der Waals surface area contributed by atoms with Gasteiger partial charge in [0.05, 0.1) is 18.8 Å². The molecule has 0 aromatic heterocycles. The standard InChI is InChI=1S/C21H30N2O3/c1-16-21(26-15-20(24)23(16)14-18-3-4-18)9-11-22(12-10-21)13-17-5-7-19(25-2)8-6-17/h5-8,16,18H,3-4,9-15H2,1-2H3. The van der Waals surface area contributed by atoms with Crippen molar-refractivity contribution in [3.8, 4) is 5.75 Å². The number of ether oxygens (including phenoxy) is 2. The summed E-state index contributed by atoms with van der Waals surface area (Å²) < 4.78 is 11.4. The average molecular weight is 358 g/mol. The summed E-state index contributed by atoms with van der Waals surface area (Å²) in [5, 5.41) is 0. The number of piperidine rings is 1. The van der Waals surface area contributed by atoms with E-state index in [1.54, 1.807) is 7.11 Å². The van der Waals surface area contributed by atoms with Crippen LogP contribution >= 0.6 is 0 Å². The zero-order valence-corrected chi connectivity index (χ0v) is 15.9. The first kappa shape index (κ1) is 17.8. The van der Waals surface area contributed by atoms with Crippen molar-refractivity contribution in [3.63, 3.8) is 0 Å². The highest BCUT2D eigenvalue weighted by Gasteiger charge is 2.48. The van der Waals surface area contributed by atoms with Crippen LogP contribution in [0, 0.1) is 5.92 Å². The monoisotopic (exact) mass is 358 g/mol. The largest absolute Gasteiger partial charge is 0.497 e. The summed E-state index contributed by atoms with van der Waals surface area (Å²) in [7, 11) is 1.70. The minimum Gasteiger partial charge on any atom is -0.497 e. The van der Waals surface area contributed by atoms with Crippen molar-refractivity contribution in [2.75, 3.05) is 33.4 Å². The van der Waals surface area contributed by atoms with Gasteiger partial charge in [0, 0.05) is 26.2 Å². The Labute approximate surface area is 156 Å². The number of benzene rings is 1. The maximum atomic E-state index is 12.3. The second kappa shape index (κ2) is 7.20. The topological polar surface area (TPSA) is 42.0 Å². The number of carbonyl (C=O) groups is 1. The molecule has 0 radical (unpaired) electrons. The van der Waals surface area contributed by atoms with Crippen molar-refractivity contribution in [2.24, 2.45) is 5.92 Å². The van der Waals surface area contributed by atoms with Crippen LogP contribution < -0.4 is 4.74 Å². The molecule has 3 fully saturated rings. The summed E-state index contributed by atoms with van der Waals surface area (Å²) in [6, 6.07) is 8.51. The number of likely N-dealkylation sites (tertiary alicyclic amines) is 1. The maximum absolute atomic E-state index is 12.3. The molecule has 5 heteroatoms. The number of morpholine rings is 1. The lowest BCUT2D eigenvalue weighted by atomic mass is 9.82. The first-order valence-electron chi connectivity index (χ1n) is 9.88. The fourth-order valence-corrected chi connectivity index (χ4v) is 4.39. The molecule has 3 aliphatic rings. The van der Waals surface area contributed by atoms with Gasteiger partial charge < -0.3 is 14.4 Å². The van der Waals surface area contributed by atoms with Gasteiger partial charge in [-0.05, 0) is 56.2 Å². The van der Waals surface area contributed by atoms with Crippen LogP contribution in [0.25, 0.3) is 0 Å². The Morgan fingerprint density at radius 2 is 1.88 bits per heavy atom. The van der Waals surface area contributed by atoms with Gasteiger partial charge in [-0.25, -0.2) is 0 Å². The van der Waals surface area contributed by atoms with Crippen LogP contribution in [0.15, 0.2) is 24.3 Å². The lowest BCUT2D eigenvalue weighted by Gasteiger charge is -2.51. The van der Waals surface area contributed by atoms with Crippen LogP contribution in [0.5, 0.6) is 5.75 Å². The Kier molecular flexibility index (Phi) is 4.93. The number of hydrogen-bond acceptors (Lipinski definition) is 4. The Bertz CT molecular complexity index is 633. The maximum Gasteiger partial charge on any atom is 0.248 e. The number of methoxy groups -OCH3 is 1. The third kappa shape index (κ3) is 3.60. The van der Waals surface area contributed by atoms with Gasteiger partial charge in [0.2, 0.25) is 5.91 Å². The van der Waals surface area contributed by atoms with Gasteiger partial charge in [0.15, 0.2) is 0 Å². The summed E-state index contributed by atoms with van der Waals surface area (Å²) in [5.74, 6) is 1.80. The van der Waals surface area contributed by atoms with E-state index in [9.17, 15) is 4.79 Å². The van der Waals surface area contributed by atoms with Crippen molar-refractivity contribution in [1.82, 2.24) is 9.80 Å². The molecule has 0 bridgehead atoms. The third-order valence-electron chi connectivity index (χ3n) is 6.45. The molecule has 142 valence electrons. The van der Waals surface area contributed by atoms with Crippen molar-refractivity contribution in [3.05, 3.63) is 29.8 Å². The second-order valence-corrected chi connectivity index (χ2v) is 8.14. The molecule has 0 N–H and O–H groups in total. The SMILES string of the molecule is COc1ccc(CN2CCC3(CC2)OCC(=O)N(CC2CC2)C3C)cc1. The van der Waals surface area contributed by atoms with E-state index in [2.05, 4.69) is 28.9 Å². The molecule has 26 heavy (non-hydrogen) atoms. The Morgan fingerprint density at radius 1 is 1.19 bits per heavy atom. The molecule has 1 amide bonds. The van der Waals surface area contributed by atoms with Gasteiger partial charge >= 0.3 is 0 Å². The molecule has 1 saturated carbocycles. The number of rotatable bonds is 5. The lowest BCUT2D eigenvalue weighted by molar-refractivity contribution is -0.187. The van der Waals surface area contributed by atoms with E-state index in [0.717, 1.165) is 50.7 Å². The molecule has 1 aliphatic carbocycles. The smallest absolute Gasteiger partial charge is 0.248 e. The van der Waals surface area contributed by atoms with Gasteiger partial charge in [-0.15, -0.1) is 0 Å². The normalized spacial score (nSPS) is 26.3. The second-order valence-electron chi connectivity index (χ2n) is 8.14. The van der Waals surface area contributed by atoms with E-state index >= 15 is 0 Å². The van der Waals surface area contributed by atoms with Gasteiger partial charge in [0.1, 0.15) is 12.4 Å². The van der Waals surface area contributed by atoms with Gasteiger partial charge in [-0.1, -0.05) is 12.1 Å². The molecule has 2 saturated heterocycles. The molecule has 2 aliphatic heterocycles. The summed E-state index contributed by atoms with van der Waals surface area (Å²) in [4.78, 5) is 16.9.